The number of aromatic nitrogens is 3. The van der Waals surface area contributed by atoms with Gasteiger partial charge in [0.2, 0.25) is 0 Å². The van der Waals surface area contributed by atoms with Gasteiger partial charge in [0.05, 0.1) is 11.8 Å². The summed E-state index contributed by atoms with van der Waals surface area (Å²) in [5.41, 5.74) is 2.52. The third-order valence-electron chi connectivity index (χ3n) is 4.55. The van der Waals surface area contributed by atoms with Crippen molar-refractivity contribution < 1.29 is 9.84 Å². The van der Waals surface area contributed by atoms with Crippen LogP contribution in [0.2, 0.25) is 0 Å². The minimum Gasteiger partial charge on any atom is -0.506 e. The van der Waals surface area contributed by atoms with Crippen LogP contribution in [-0.2, 0) is 11.3 Å². The number of hydrogen-bond donors (Lipinski definition) is 2. The van der Waals surface area contributed by atoms with Gasteiger partial charge in [0, 0.05) is 50.2 Å². The van der Waals surface area contributed by atoms with E-state index >= 15 is 0 Å². The third-order valence-corrected chi connectivity index (χ3v) is 4.55. The van der Waals surface area contributed by atoms with Crippen molar-refractivity contribution >= 4 is 5.82 Å². The van der Waals surface area contributed by atoms with Gasteiger partial charge in [-0.05, 0) is 32.4 Å². The zero-order valence-electron chi connectivity index (χ0n) is 14.9. The number of nitrogens with zero attached hydrogens (tertiary/aromatic N) is 4. The number of hydrogen-bond acceptors (Lipinski definition) is 7. The van der Waals surface area contributed by atoms with Crippen molar-refractivity contribution in [3.8, 4) is 5.75 Å². The van der Waals surface area contributed by atoms with Crippen LogP contribution in [0.3, 0.4) is 0 Å². The van der Waals surface area contributed by atoms with E-state index < -0.39 is 0 Å². The minimum atomic E-state index is 0.188. The topological polar surface area (TPSA) is 83.4 Å². The first-order valence-corrected chi connectivity index (χ1v) is 8.51. The largest absolute Gasteiger partial charge is 0.506 e. The van der Waals surface area contributed by atoms with Crippen LogP contribution in [-0.4, -0.2) is 52.4 Å². The molecule has 2 atom stereocenters. The number of rotatable bonds is 6. The Labute approximate surface area is 148 Å². The summed E-state index contributed by atoms with van der Waals surface area (Å²) in [5.74, 6) is 1.15. The maximum atomic E-state index is 9.92. The first-order valence-electron chi connectivity index (χ1n) is 8.51. The molecule has 0 unspecified atom stereocenters. The third kappa shape index (κ3) is 4.24. The molecule has 1 saturated heterocycles. The van der Waals surface area contributed by atoms with Crippen molar-refractivity contribution in [1.29, 1.82) is 0 Å². The molecular weight excluding hydrogens is 318 g/mol. The Kier molecular flexibility index (Phi) is 5.45. The monoisotopic (exact) mass is 343 g/mol. The van der Waals surface area contributed by atoms with Gasteiger partial charge in [-0.25, -0.2) is 9.97 Å². The molecule has 2 aromatic heterocycles. The lowest BCUT2D eigenvalue weighted by atomic mass is 10.2. The lowest BCUT2D eigenvalue weighted by molar-refractivity contribution is 0.118. The molecule has 0 spiro atoms. The zero-order chi connectivity index (χ0) is 17.8. The van der Waals surface area contributed by atoms with Gasteiger partial charge in [-0.1, -0.05) is 0 Å². The first-order chi connectivity index (χ1) is 12.1. The lowest BCUT2D eigenvalue weighted by Crippen LogP contribution is -2.38. The Morgan fingerprint density at radius 1 is 1.28 bits per heavy atom. The zero-order valence-corrected chi connectivity index (χ0v) is 14.9. The molecule has 2 N–H and O–H groups in total. The molecule has 1 aliphatic heterocycles. The van der Waals surface area contributed by atoms with Crippen LogP contribution in [0.25, 0.3) is 0 Å². The average molecular weight is 343 g/mol. The van der Waals surface area contributed by atoms with Crippen molar-refractivity contribution in [2.45, 2.75) is 39.0 Å². The maximum Gasteiger partial charge on any atom is 0.138 e. The summed E-state index contributed by atoms with van der Waals surface area (Å²) in [4.78, 5) is 15.2. The predicted octanol–water partition coefficient (Wildman–Crippen LogP) is 1.58. The van der Waals surface area contributed by atoms with Gasteiger partial charge in [0.25, 0.3) is 0 Å². The summed E-state index contributed by atoms with van der Waals surface area (Å²) < 4.78 is 5.56. The van der Waals surface area contributed by atoms with Gasteiger partial charge < -0.3 is 20.1 Å². The van der Waals surface area contributed by atoms with Crippen LogP contribution in [0.1, 0.15) is 23.5 Å². The van der Waals surface area contributed by atoms with E-state index in [1.54, 1.807) is 25.6 Å². The lowest BCUT2D eigenvalue weighted by Gasteiger charge is -2.25. The molecule has 0 radical (unpaired) electrons. The Bertz CT molecular complexity index is 724. The fourth-order valence-corrected chi connectivity index (χ4v) is 3.21. The van der Waals surface area contributed by atoms with E-state index in [4.69, 9.17) is 4.74 Å². The highest BCUT2D eigenvalue weighted by Gasteiger charge is 2.32. The van der Waals surface area contributed by atoms with Crippen molar-refractivity contribution in [3.63, 3.8) is 0 Å². The van der Waals surface area contributed by atoms with E-state index in [0.29, 0.717) is 12.2 Å². The van der Waals surface area contributed by atoms with Gasteiger partial charge >= 0.3 is 0 Å². The molecule has 0 aromatic carbocycles. The second-order valence-corrected chi connectivity index (χ2v) is 6.47. The Balaban J connectivity index is 1.65. The molecule has 0 bridgehead atoms. The fraction of sp³-hybridized carbons (Fsp3) is 0.500. The van der Waals surface area contributed by atoms with E-state index in [-0.39, 0.29) is 17.9 Å². The second-order valence-electron chi connectivity index (χ2n) is 6.47. The minimum absolute atomic E-state index is 0.188. The summed E-state index contributed by atoms with van der Waals surface area (Å²) in [6.45, 7) is 5.99. The summed E-state index contributed by atoms with van der Waals surface area (Å²) in [6, 6.07) is 5.76. The first kappa shape index (κ1) is 17.6. The number of aromatic hydroxyl groups is 1. The van der Waals surface area contributed by atoms with Crippen LogP contribution in [0.5, 0.6) is 5.75 Å². The highest BCUT2D eigenvalue weighted by Crippen LogP contribution is 2.25. The number of nitrogens with one attached hydrogen (secondary N) is 1. The average Bonchev–Trinajstić information content (AvgIpc) is 3.01. The Morgan fingerprint density at radius 3 is 2.88 bits per heavy atom. The Hall–Kier alpha value is -2.25. The fourth-order valence-electron chi connectivity index (χ4n) is 3.21. The van der Waals surface area contributed by atoms with Crippen molar-refractivity contribution in [3.05, 3.63) is 41.6 Å². The molecule has 2 aromatic rings. The van der Waals surface area contributed by atoms with Crippen LogP contribution in [0, 0.1) is 13.8 Å². The number of aryl methyl sites for hydroxylation is 2. The molecule has 0 amide bonds. The normalized spacial score (nSPS) is 20.2. The van der Waals surface area contributed by atoms with E-state index in [0.717, 1.165) is 36.7 Å². The van der Waals surface area contributed by atoms with E-state index in [1.165, 1.54) is 0 Å². The van der Waals surface area contributed by atoms with Crippen molar-refractivity contribution in [2.75, 3.05) is 25.1 Å². The molecule has 0 aliphatic carbocycles. The summed E-state index contributed by atoms with van der Waals surface area (Å²) >= 11 is 0. The van der Waals surface area contributed by atoms with Gasteiger partial charge in [0.15, 0.2) is 0 Å². The van der Waals surface area contributed by atoms with Crippen LogP contribution >= 0.6 is 0 Å². The van der Waals surface area contributed by atoms with Crippen molar-refractivity contribution in [1.82, 2.24) is 20.3 Å². The molecular formula is C18H25N5O2. The predicted molar refractivity (Wildman–Crippen MR) is 95.7 cm³/mol. The highest BCUT2D eigenvalue weighted by molar-refractivity contribution is 5.42. The molecule has 1 fully saturated rings. The number of pyridine rings is 1. The van der Waals surface area contributed by atoms with Gasteiger partial charge in [-0.3, -0.25) is 4.98 Å². The molecule has 7 heteroatoms. The molecule has 7 nitrogen and oxygen atoms in total. The van der Waals surface area contributed by atoms with Crippen LogP contribution < -0.4 is 10.2 Å². The summed E-state index contributed by atoms with van der Waals surface area (Å²) in [7, 11) is 1.75. The summed E-state index contributed by atoms with van der Waals surface area (Å²) in [6.07, 6.45) is 2.72. The van der Waals surface area contributed by atoms with E-state index in [1.807, 2.05) is 19.9 Å². The Morgan fingerprint density at radius 2 is 2.12 bits per heavy atom. The number of ether oxygens (including phenoxy) is 1. The molecule has 134 valence electrons. The molecule has 3 rings (SSSR count). The van der Waals surface area contributed by atoms with Crippen LogP contribution in [0.4, 0.5) is 5.82 Å². The molecule has 25 heavy (non-hydrogen) atoms. The van der Waals surface area contributed by atoms with Gasteiger partial charge in [-0.2, -0.15) is 0 Å². The smallest absolute Gasteiger partial charge is 0.138 e. The van der Waals surface area contributed by atoms with Gasteiger partial charge in [-0.15, -0.1) is 0 Å². The number of anilines is 1. The molecule has 0 saturated carbocycles. The van der Waals surface area contributed by atoms with E-state index in [9.17, 15) is 5.11 Å². The SMILES string of the molecule is CO[C@H]1C[C@@H](CNCc2nc(C)ccc2O)N(c2cc(C)ncn2)C1. The molecule has 3 heterocycles. The van der Waals surface area contributed by atoms with Gasteiger partial charge in [0.1, 0.15) is 17.9 Å². The molecule has 1 aliphatic rings. The highest BCUT2D eigenvalue weighted by atomic mass is 16.5. The summed E-state index contributed by atoms with van der Waals surface area (Å²) in [5, 5.41) is 13.3. The second kappa shape index (κ2) is 7.76. The quantitative estimate of drug-likeness (QED) is 0.824. The van der Waals surface area contributed by atoms with Crippen LogP contribution in [0.15, 0.2) is 24.5 Å². The standard InChI is InChI=1S/C18H25N5O2/c1-12-4-5-17(24)16(22-12)9-19-8-14-7-15(25-3)10-23(14)18-6-13(2)20-11-21-18/h4-6,11,14-15,19,24H,7-10H2,1-3H3/t14-,15-/m0/s1. The van der Waals surface area contributed by atoms with Crippen molar-refractivity contribution in [2.24, 2.45) is 0 Å². The maximum absolute atomic E-state index is 9.92. The number of methoxy groups -OCH3 is 1. The van der Waals surface area contributed by atoms with E-state index in [2.05, 4.69) is 25.2 Å².